The van der Waals surface area contributed by atoms with E-state index in [1.165, 1.54) is 38.5 Å². The predicted molar refractivity (Wildman–Crippen MR) is 80.6 cm³/mol. The predicted octanol–water partition coefficient (Wildman–Crippen LogP) is 6.35. The van der Waals surface area contributed by atoms with Crippen LogP contribution in [-0.4, -0.2) is 0 Å². The van der Waals surface area contributed by atoms with Gasteiger partial charge >= 0.3 is 0 Å². The molecule has 0 spiro atoms. The molecule has 2 saturated carbocycles. The van der Waals surface area contributed by atoms with E-state index in [0.717, 1.165) is 30.8 Å². The molecule has 114 valence electrons. The van der Waals surface area contributed by atoms with Gasteiger partial charge in [-0.1, -0.05) is 31.9 Å². The minimum Gasteiger partial charge on any atom is -0.174 e. The SMILES string of the molecule is CC1CCC(C=CC2CCC(CC=C(F)F)CC2)CC1. The van der Waals surface area contributed by atoms with E-state index in [1.54, 1.807) is 0 Å². The van der Waals surface area contributed by atoms with Crippen molar-refractivity contribution < 1.29 is 8.78 Å². The summed E-state index contributed by atoms with van der Waals surface area (Å²) in [5.41, 5.74) is 0. The fraction of sp³-hybridized carbons (Fsp3) is 0.778. The second kappa shape index (κ2) is 7.95. The zero-order chi connectivity index (χ0) is 14.4. The quantitative estimate of drug-likeness (QED) is 0.527. The Labute approximate surface area is 122 Å². The maximum Gasteiger partial charge on any atom is 0.266 e. The molecule has 0 radical (unpaired) electrons. The van der Waals surface area contributed by atoms with Crippen LogP contribution in [0.4, 0.5) is 8.78 Å². The first kappa shape index (κ1) is 15.7. The van der Waals surface area contributed by atoms with Crippen molar-refractivity contribution in [2.75, 3.05) is 0 Å². The molecular formula is C18H28F2. The summed E-state index contributed by atoms with van der Waals surface area (Å²) < 4.78 is 24.1. The van der Waals surface area contributed by atoms with Gasteiger partial charge in [-0.2, -0.15) is 8.78 Å². The highest BCUT2D eigenvalue weighted by Gasteiger charge is 2.20. The zero-order valence-electron chi connectivity index (χ0n) is 12.7. The van der Waals surface area contributed by atoms with Gasteiger partial charge in [-0.3, -0.25) is 0 Å². The molecule has 0 aromatic rings. The molecule has 0 N–H and O–H groups in total. The van der Waals surface area contributed by atoms with Gasteiger partial charge in [-0.25, -0.2) is 0 Å². The number of allylic oxidation sites excluding steroid dienone is 3. The fourth-order valence-corrected chi connectivity index (χ4v) is 3.66. The van der Waals surface area contributed by atoms with Crippen molar-refractivity contribution in [3.63, 3.8) is 0 Å². The number of hydrogen-bond donors (Lipinski definition) is 0. The summed E-state index contributed by atoms with van der Waals surface area (Å²) >= 11 is 0. The average Bonchev–Trinajstić information content (AvgIpc) is 2.45. The van der Waals surface area contributed by atoms with E-state index in [9.17, 15) is 8.78 Å². The maximum absolute atomic E-state index is 12.1. The molecule has 0 aliphatic heterocycles. The molecule has 2 fully saturated rings. The van der Waals surface area contributed by atoms with E-state index < -0.39 is 6.08 Å². The Hall–Kier alpha value is -0.660. The first-order valence-corrected chi connectivity index (χ1v) is 8.33. The van der Waals surface area contributed by atoms with Gasteiger partial charge in [0.25, 0.3) is 6.08 Å². The monoisotopic (exact) mass is 282 g/mol. The molecule has 2 aliphatic rings. The molecule has 0 unspecified atom stereocenters. The van der Waals surface area contributed by atoms with Gasteiger partial charge in [0, 0.05) is 0 Å². The van der Waals surface area contributed by atoms with Gasteiger partial charge in [0.15, 0.2) is 0 Å². The van der Waals surface area contributed by atoms with Crippen molar-refractivity contribution in [3.05, 3.63) is 24.3 Å². The molecule has 0 amide bonds. The van der Waals surface area contributed by atoms with Crippen LogP contribution >= 0.6 is 0 Å². The fourth-order valence-electron chi connectivity index (χ4n) is 3.66. The molecule has 0 bridgehead atoms. The van der Waals surface area contributed by atoms with Crippen LogP contribution in [0.15, 0.2) is 24.3 Å². The Balaban J connectivity index is 1.67. The van der Waals surface area contributed by atoms with Gasteiger partial charge in [0.1, 0.15) is 0 Å². The Bertz CT molecular complexity index is 325. The summed E-state index contributed by atoms with van der Waals surface area (Å²) in [6.07, 6.45) is 15.1. The van der Waals surface area contributed by atoms with Crippen LogP contribution in [-0.2, 0) is 0 Å². The van der Waals surface area contributed by atoms with E-state index in [-0.39, 0.29) is 0 Å². The lowest BCUT2D eigenvalue weighted by Gasteiger charge is -2.27. The minimum absolute atomic E-state index is 0.483. The molecule has 2 rings (SSSR count). The van der Waals surface area contributed by atoms with Crippen molar-refractivity contribution in [1.82, 2.24) is 0 Å². The van der Waals surface area contributed by atoms with Gasteiger partial charge in [0.05, 0.1) is 0 Å². The van der Waals surface area contributed by atoms with Crippen molar-refractivity contribution >= 4 is 0 Å². The highest BCUT2D eigenvalue weighted by atomic mass is 19.3. The topological polar surface area (TPSA) is 0 Å². The van der Waals surface area contributed by atoms with Crippen molar-refractivity contribution in [3.8, 4) is 0 Å². The first-order chi connectivity index (χ1) is 9.63. The molecular weight excluding hydrogens is 254 g/mol. The lowest BCUT2D eigenvalue weighted by molar-refractivity contribution is 0.303. The second-order valence-corrected chi connectivity index (χ2v) is 6.92. The summed E-state index contributed by atoms with van der Waals surface area (Å²) in [6.45, 7) is 2.36. The Kier molecular flexibility index (Phi) is 6.25. The standard InChI is InChI=1S/C18H28F2/c1-14-2-4-15(5-3-14)6-7-16-8-10-17(11-9-16)12-13-18(19)20/h6-7,13-17H,2-5,8-12H2,1H3. The van der Waals surface area contributed by atoms with E-state index in [2.05, 4.69) is 19.1 Å². The van der Waals surface area contributed by atoms with Crippen LogP contribution in [0.25, 0.3) is 0 Å². The largest absolute Gasteiger partial charge is 0.266 e. The summed E-state index contributed by atoms with van der Waals surface area (Å²) in [7, 11) is 0. The number of rotatable bonds is 4. The van der Waals surface area contributed by atoms with Gasteiger partial charge in [-0.05, 0) is 74.7 Å². The van der Waals surface area contributed by atoms with E-state index in [1.807, 2.05) is 0 Å². The molecule has 0 atom stereocenters. The lowest BCUT2D eigenvalue weighted by atomic mass is 9.78. The van der Waals surface area contributed by atoms with Crippen LogP contribution in [0, 0.1) is 23.7 Å². The Morgan fingerprint density at radius 2 is 1.35 bits per heavy atom. The third kappa shape index (κ3) is 5.38. The molecule has 0 heterocycles. The average molecular weight is 282 g/mol. The van der Waals surface area contributed by atoms with Crippen molar-refractivity contribution in [2.45, 2.75) is 64.7 Å². The normalized spacial score (nSPS) is 35.1. The minimum atomic E-state index is -1.52. The summed E-state index contributed by atoms with van der Waals surface area (Å²) in [5.74, 6) is 2.90. The molecule has 0 aromatic heterocycles. The highest BCUT2D eigenvalue weighted by Crippen LogP contribution is 2.34. The van der Waals surface area contributed by atoms with Crippen LogP contribution < -0.4 is 0 Å². The third-order valence-electron chi connectivity index (χ3n) is 5.21. The lowest BCUT2D eigenvalue weighted by Crippen LogP contribution is -2.14. The number of halogens is 2. The van der Waals surface area contributed by atoms with Crippen molar-refractivity contribution in [2.24, 2.45) is 23.7 Å². The van der Waals surface area contributed by atoms with E-state index in [4.69, 9.17) is 0 Å². The summed E-state index contributed by atoms with van der Waals surface area (Å²) in [6, 6.07) is 0. The molecule has 0 saturated heterocycles. The third-order valence-corrected chi connectivity index (χ3v) is 5.21. The Morgan fingerprint density at radius 3 is 1.85 bits per heavy atom. The molecule has 0 nitrogen and oxygen atoms in total. The summed E-state index contributed by atoms with van der Waals surface area (Å²) in [4.78, 5) is 0. The van der Waals surface area contributed by atoms with Crippen LogP contribution in [0.3, 0.4) is 0 Å². The molecule has 2 aliphatic carbocycles. The van der Waals surface area contributed by atoms with Crippen LogP contribution in [0.5, 0.6) is 0 Å². The smallest absolute Gasteiger partial charge is 0.174 e. The van der Waals surface area contributed by atoms with Gasteiger partial charge < -0.3 is 0 Å². The number of hydrogen-bond acceptors (Lipinski definition) is 0. The van der Waals surface area contributed by atoms with Gasteiger partial charge in [-0.15, -0.1) is 0 Å². The second-order valence-electron chi connectivity index (χ2n) is 6.92. The van der Waals surface area contributed by atoms with E-state index >= 15 is 0 Å². The maximum atomic E-state index is 12.1. The Morgan fingerprint density at radius 1 is 0.850 bits per heavy atom. The van der Waals surface area contributed by atoms with Crippen LogP contribution in [0.1, 0.15) is 64.7 Å². The zero-order valence-corrected chi connectivity index (χ0v) is 12.7. The highest BCUT2D eigenvalue weighted by molar-refractivity contribution is 4.96. The molecule has 20 heavy (non-hydrogen) atoms. The molecule has 2 heteroatoms. The van der Waals surface area contributed by atoms with E-state index in [0.29, 0.717) is 18.3 Å². The first-order valence-electron chi connectivity index (χ1n) is 8.33. The summed E-state index contributed by atoms with van der Waals surface area (Å²) in [5, 5.41) is 0. The van der Waals surface area contributed by atoms with Gasteiger partial charge in [0.2, 0.25) is 0 Å². The van der Waals surface area contributed by atoms with Crippen LogP contribution in [0.2, 0.25) is 0 Å². The van der Waals surface area contributed by atoms with Crippen molar-refractivity contribution in [1.29, 1.82) is 0 Å². The molecule has 0 aromatic carbocycles.